The van der Waals surface area contributed by atoms with Gasteiger partial charge < -0.3 is 10.2 Å². The van der Waals surface area contributed by atoms with E-state index in [0.29, 0.717) is 25.4 Å². The lowest BCUT2D eigenvalue weighted by molar-refractivity contribution is -0.129. The van der Waals surface area contributed by atoms with Gasteiger partial charge in [0.1, 0.15) is 5.82 Å². The van der Waals surface area contributed by atoms with Crippen molar-refractivity contribution in [2.45, 2.75) is 84.1 Å². The van der Waals surface area contributed by atoms with Gasteiger partial charge >= 0.3 is 0 Å². The molecule has 0 bridgehead atoms. The molecule has 4 rings (SSSR count). The Bertz CT molecular complexity index is 973. The summed E-state index contributed by atoms with van der Waals surface area (Å²) in [5.41, 5.74) is 4.93. The van der Waals surface area contributed by atoms with Crippen LogP contribution >= 0.6 is 0 Å². The molecule has 2 fully saturated rings. The van der Waals surface area contributed by atoms with E-state index < -0.39 is 0 Å². The Morgan fingerprint density at radius 2 is 1.61 bits per heavy atom. The summed E-state index contributed by atoms with van der Waals surface area (Å²) in [7, 11) is 0. The molecule has 6 nitrogen and oxygen atoms in total. The molecule has 1 N–H and O–H groups in total. The Kier molecular flexibility index (Phi) is 7.41. The summed E-state index contributed by atoms with van der Waals surface area (Å²) in [6, 6.07) is 8.46. The first-order valence-corrected chi connectivity index (χ1v) is 12.4. The summed E-state index contributed by atoms with van der Waals surface area (Å²) in [4.78, 5) is 36.9. The molecule has 0 spiro atoms. The van der Waals surface area contributed by atoms with Crippen LogP contribution in [0.1, 0.15) is 78.3 Å². The zero-order chi connectivity index (χ0) is 23.4. The minimum Gasteiger partial charge on any atom is -0.353 e. The molecule has 2 heterocycles. The molecule has 1 saturated heterocycles. The number of benzene rings is 1. The van der Waals surface area contributed by atoms with Crippen molar-refractivity contribution in [3.05, 3.63) is 58.2 Å². The van der Waals surface area contributed by atoms with Crippen LogP contribution in [0.2, 0.25) is 0 Å². The fourth-order valence-electron chi connectivity index (χ4n) is 5.08. The number of aromatic nitrogens is 2. The maximum Gasteiger partial charge on any atom is 0.227 e. The largest absolute Gasteiger partial charge is 0.353 e. The van der Waals surface area contributed by atoms with Gasteiger partial charge in [-0.2, -0.15) is 0 Å². The van der Waals surface area contributed by atoms with Gasteiger partial charge in [0.15, 0.2) is 0 Å². The smallest absolute Gasteiger partial charge is 0.227 e. The summed E-state index contributed by atoms with van der Waals surface area (Å²) in [6.45, 7) is 7.38. The van der Waals surface area contributed by atoms with Crippen molar-refractivity contribution in [2.75, 3.05) is 13.1 Å². The van der Waals surface area contributed by atoms with Crippen molar-refractivity contribution >= 4 is 11.8 Å². The second-order valence-electron chi connectivity index (χ2n) is 9.80. The van der Waals surface area contributed by atoms with Gasteiger partial charge in [-0.3, -0.25) is 9.59 Å². The van der Waals surface area contributed by atoms with Crippen LogP contribution in [0.5, 0.6) is 0 Å². The molecule has 1 aliphatic carbocycles. The first kappa shape index (κ1) is 23.4. The highest BCUT2D eigenvalue weighted by Gasteiger charge is 2.30. The Labute approximate surface area is 197 Å². The number of likely N-dealkylation sites (tertiary alicyclic amines) is 1. The predicted octanol–water partition coefficient (Wildman–Crippen LogP) is 3.95. The zero-order valence-corrected chi connectivity index (χ0v) is 20.2. The molecule has 1 atom stereocenters. The van der Waals surface area contributed by atoms with E-state index in [0.717, 1.165) is 54.1 Å². The van der Waals surface area contributed by atoms with Gasteiger partial charge in [0.2, 0.25) is 11.8 Å². The third kappa shape index (κ3) is 5.98. The fourth-order valence-corrected chi connectivity index (χ4v) is 5.08. The molecule has 6 heteroatoms. The molecular formula is C27H36N4O2. The van der Waals surface area contributed by atoms with E-state index in [1.807, 2.05) is 43.0 Å². The Morgan fingerprint density at radius 1 is 0.939 bits per heavy atom. The lowest BCUT2D eigenvalue weighted by atomic mass is 9.95. The van der Waals surface area contributed by atoms with Crippen molar-refractivity contribution in [3.8, 4) is 0 Å². The molecule has 1 aromatic carbocycles. The maximum absolute atomic E-state index is 12.8. The highest BCUT2D eigenvalue weighted by atomic mass is 16.2. The first-order chi connectivity index (χ1) is 15.9. The van der Waals surface area contributed by atoms with Crippen molar-refractivity contribution in [3.63, 3.8) is 0 Å². The number of hydrogen-bond donors (Lipinski definition) is 1. The van der Waals surface area contributed by atoms with Gasteiger partial charge in [0.25, 0.3) is 0 Å². The van der Waals surface area contributed by atoms with Gasteiger partial charge in [-0.25, -0.2) is 9.97 Å². The number of carbonyl (C=O) groups is 2. The number of nitrogens with one attached hydrogen (secondary N) is 1. The van der Waals surface area contributed by atoms with Crippen molar-refractivity contribution in [1.29, 1.82) is 0 Å². The summed E-state index contributed by atoms with van der Waals surface area (Å²) in [6.07, 6.45) is 7.48. The number of amides is 2. The summed E-state index contributed by atoms with van der Waals surface area (Å²) in [5, 5.41) is 3.19. The van der Waals surface area contributed by atoms with Crippen LogP contribution in [-0.2, 0) is 22.4 Å². The van der Waals surface area contributed by atoms with E-state index in [9.17, 15) is 9.59 Å². The van der Waals surface area contributed by atoms with Crippen molar-refractivity contribution < 1.29 is 9.59 Å². The summed E-state index contributed by atoms with van der Waals surface area (Å²) in [5.74, 6) is 1.17. The van der Waals surface area contributed by atoms with Crippen LogP contribution in [0, 0.1) is 20.8 Å². The Hall–Kier alpha value is -2.76. The average Bonchev–Trinajstić information content (AvgIpc) is 3.29. The van der Waals surface area contributed by atoms with Crippen molar-refractivity contribution in [2.24, 2.45) is 0 Å². The predicted molar refractivity (Wildman–Crippen MR) is 129 cm³/mol. The van der Waals surface area contributed by atoms with E-state index >= 15 is 0 Å². The highest BCUT2D eigenvalue weighted by Crippen LogP contribution is 2.27. The molecule has 1 aliphatic heterocycles. The molecule has 1 saturated carbocycles. The van der Waals surface area contributed by atoms with Crippen LogP contribution < -0.4 is 5.32 Å². The minimum atomic E-state index is 0.0678. The second kappa shape index (κ2) is 10.4. The lowest BCUT2D eigenvalue weighted by Crippen LogP contribution is -2.37. The van der Waals surface area contributed by atoms with Crippen LogP contribution in [0.3, 0.4) is 0 Å². The maximum atomic E-state index is 12.8. The third-order valence-corrected chi connectivity index (χ3v) is 7.13. The first-order valence-electron chi connectivity index (χ1n) is 12.4. The van der Waals surface area contributed by atoms with E-state index in [4.69, 9.17) is 9.97 Å². The van der Waals surface area contributed by atoms with Crippen LogP contribution in [0.4, 0.5) is 0 Å². The van der Waals surface area contributed by atoms with Crippen molar-refractivity contribution in [1.82, 2.24) is 20.2 Å². The van der Waals surface area contributed by atoms with Crippen LogP contribution in [0.25, 0.3) is 0 Å². The van der Waals surface area contributed by atoms with E-state index in [1.165, 1.54) is 24.8 Å². The minimum absolute atomic E-state index is 0.0678. The fraction of sp³-hybridized carbons (Fsp3) is 0.556. The molecule has 176 valence electrons. The molecule has 1 aromatic heterocycles. The Morgan fingerprint density at radius 3 is 2.27 bits per heavy atom. The molecule has 33 heavy (non-hydrogen) atoms. The average molecular weight is 449 g/mol. The molecule has 2 amide bonds. The summed E-state index contributed by atoms with van der Waals surface area (Å²) < 4.78 is 0. The van der Waals surface area contributed by atoms with Gasteiger partial charge in [0, 0.05) is 42.0 Å². The molecular weight excluding hydrogens is 412 g/mol. The standard InChI is InChI=1S/C27H36N4O2/c1-18-9-11-21(12-10-18)15-26(33)31-14-13-22(17-31)27-28-19(2)24(20(3)29-27)16-25(32)30-23-7-5-4-6-8-23/h9-12,22-23H,4-8,13-17H2,1-3H3,(H,30,32)/t22-/m0/s1. The van der Waals surface area contributed by atoms with Crippen LogP contribution in [0.15, 0.2) is 24.3 Å². The second-order valence-corrected chi connectivity index (χ2v) is 9.80. The molecule has 2 aliphatic rings. The van der Waals surface area contributed by atoms with Crippen LogP contribution in [-0.4, -0.2) is 45.8 Å². The molecule has 0 radical (unpaired) electrons. The monoisotopic (exact) mass is 448 g/mol. The number of hydrogen-bond acceptors (Lipinski definition) is 4. The lowest BCUT2D eigenvalue weighted by Gasteiger charge is -2.23. The molecule has 0 unspecified atom stereocenters. The topological polar surface area (TPSA) is 75.2 Å². The SMILES string of the molecule is Cc1ccc(CC(=O)N2CC[C@H](c3nc(C)c(CC(=O)NC4CCCCC4)c(C)n3)C2)cc1. The normalized spacial score (nSPS) is 19.0. The molecule has 2 aromatic rings. The van der Waals surface area contributed by atoms with Gasteiger partial charge in [-0.1, -0.05) is 49.1 Å². The number of aryl methyl sites for hydroxylation is 3. The summed E-state index contributed by atoms with van der Waals surface area (Å²) >= 11 is 0. The van der Waals surface area contributed by atoms with Gasteiger partial charge in [-0.15, -0.1) is 0 Å². The van der Waals surface area contributed by atoms with Gasteiger partial charge in [0.05, 0.1) is 12.8 Å². The third-order valence-electron chi connectivity index (χ3n) is 7.13. The Balaban J connectivity index is 1.36. The van der Waals surface area contributed by atoms with Gasteiger partial charge in [-0.05, 0) is 45.6 Å². The number of nitrogens with zero attached hydrogens (tertiary/aromatic N) is 3. The van der Waals surface area contributed by atoms with E-state index in [-0.39, 0.29) is 17.7 Å². The van der Waals surface area contributed by atoms with E-state index in [2.05, 4.69) is 12.2 Å². The highest BCUT2D eigenvalue weighted by molar-refractivity contribution is 5.80. The quantitative estimate of drug-likeness (QED) is 0.726. The number of carbonyl (C=O) groups excluding carboxylic acids is 2. The zero-order valence-electron chi connectivity index (χ0n) is 20.2. The number of rotatable bonds is 6. The van der Waals surface area contributed by atoms with E-state index in [1.54, 1.807) is 0 Å².